The topological polar surface area (TPSA) is 68.4 Å². The number of carbonyl (C=O) groups is 2. The van der Waals surface area contributed by atoms with Gasteiger partial charge in [-0.25, -0.2) is 9.59 Å². The third-order valence-electron chi connectivity index (χ3n) is 2.56. The van der Waals surface area contributed by atoms with E-state index in [1.165, 1.54) is 13.2 Å². The molecule has 1 rings (SSSR count). The van der Waals surface area contributed by atoms with Crippen LogP contribution in [-0.2, 0) is 14.3 Å². The van der Waals surface area contributed by atoms with E-state index in [-0.39, 0.29) is 0 Å². The fourth-order valence-electron chi connectivity index (χ4n) is 1.64. The van der Waals surface area contributed by atoms with E-state index in [9.17, 15) is 9.59 Å². The molecule has 0 aliphatic rings. The highest BCUT2D eigenvalue weighted by molar-refractivity contribution is 5.92. The maximum atomic E-state index is 11.7. The molecule has 18 heavy (non-hydrogen) atoms. The summed E-state index contributed by atoms with van der Waals surface area (Å²) in [5, 5.41) is 0. The van der Waals surface area contributed by atoms with Crippen molar-refractivity contribution < 1.29 is 19.1 Å². The van der Waals surface area contributed by atoms with Gasteiger partial charge in [-0.15, -0.1) is 0 Å². The van der Waals surface area contributed by atoms with Gasteiger partial charge in [-0.3, -0.25) is 0 Å². The number of nitrogens with one attached hydrogen (secondary N) is 1. The largest absolute Gasteiger partial charge is 0.466 e. The zero-order chi connectivity index (χ0) is 13.7. The molecule has 1 aromatic rings. The molecule has 0 aliphatic carbocycles. The predicted octanol–water partition coefficient (Wildman–Crippen LogP) is 1.99. The number of esters is 2. The van der Waals surface area contributed by atoms with Gasteiger partial charge in [0.2, 0.25) is 0 Å². The number of ether oxygens (including phenoxy) is 2. The molecule has 0 atom stereocenters. The first-order valence-electron chi connectivity index (χ1n) is 5.63. The summed E-state index contributed by atoms with van der Waals surface area (Å²) in [5.41, 5.74) is 2.77. The number of H-pyrrole nitrogens is 1. The zero-order valence-electron chi connectivity index (χ0n) is 11.0. The van der Waals surface area contributed by atoms with Crippen LogP contribution in [0.5, 0.6) is 0 Å². The first-order chi connectivity index (χ1) is 8.51. The summed E-state index contributed by atoms with van der Waals surface area (Å²) in [6.07, 6.45) is 2.94. The summed E-state index contributed by atoms with van der Waals surface area (Å²) in [4.78, 5) is 25.7. The van der Waals surface area contributed by atoms with E-state index in [2.05, 4.69) is 9.72 Å². The third-order valence-corrected chi connectivity index (χ3v) is 2.56. The van der Waals surface area contributed by atoms with Gasteiger partial charge in [-0.1, -0.05) is 0 Å². The SMILES string of the molecule is CCOC(=O)c1[nH]c(C)c(/C=C/C(=O)OC)c1C. The molecule has 5 nitrogen and oxygen atoms in total. The third kappa shape index (κ3) is 3.00. The van der Waals surface area contributed by atoms with E-state index in [4.69, 9.17) is 4.74 Å². The van der Waals surface area contributed by atoms with Crippen LogP contribution < -0.4 is 0 Å². The summed E-state index contributed by atoms with van der Waals surface area (Å²) < 4.78 is 9.45. The zero-order valence-corrected chi connectivity index (χ0v) is 11.0. The van der Waals surface area contributed by atoms with Crippen LogP contribution in [0.4, 0.5) is 0 Å². The van der Waals surface area contributed by atoms with Crippen LogP contribution in [0.15, 0.2) is 6.08 Å². The number of methoxy groups -OCH3 is 1. The number of aromatic amines is 1. The molecule has 0 amide bonds. The van der Waals surface area contributed by atoms with Crippen molar-refractivity contribution >= 4 is 18.0 Å². The lowest BCUT2D eigenvalue weighted by Crippen LogP contribution is -2.06. The van der Waals surface area contributed by atoms with Crippen LogP contribution in [0.2, 0.25) is 0 Å². The first kappa shape index (κ1) is 14.0. The van der Waals surface area contributed by atoms with E-state index in [1.807, 2.05) is 6.92 Å². The number of hydrogen-bond donors (Lipinski definition) is 1. The number of carbonyl (C=O) groups excluding carboxylic acids is 2. The average molecular weight is 251 g/mol. The molecule has 0 radical (unpaired) electrons. The van der Waals surface area contributed by atoms with Crippen molar-refractivity contribution in [2.45, 2.75) is 20.8 Å². The Morgan fingerprint density at radius 1 is 1.33 bits per heavy atom. The van der Waals surface area contributed by atoms with Gasteiger partial charge >= 0.3 is 11.9 Å². The summed E-state index contributed by atoms with van der Waals surface area (Å²) in [7, 11) is 1.31. The second-order valence-electron chi connectivity index (χ2n) is 3.74. The molecule has 5 heteroatoms. The lowest BCUT2D eigenvalue weighted by molar-refractivity contribution is -0.134. The second kappa shape index (κ2) is 6.05. The van der Waals surface area contributed by atoms with Gasteiger partial charge < -0.3 is 14.5 Å². The van der Waals surface area contributed by atoms with Gasteiger partial charge in [0.1, 0.15) is 5.69 Å². The van der Waals surface area contributed by atoms with E-state index in [1.54, 1.807) is 19.9 Å². The quantitative estimate of drug-likeness (QED) is 0.656. The van der Waals surface area contributed by atoms with E-state index in [0.29, 0.717) is 12.3 Å². The molecule has 1 heterocycles. The minimum absolute atomic E-state index is 0.323. The molecule has 0 saturated heterocycles. The van der Waals surface area contributed by atoms with Gasteiger partial charge in [-0.05, 0) is 38.0 Å². The number of aromatic nitrogens is 1. The molecule has 0 fully saturated rings. The van der Waals surface area contributed by atoms with Gasteiger partial charge in [0.05, 0.1) is 13.7 Å². The summed E-state index contributed by atoms with van der Waals surface area (Å²) in [6, 6.07) is 0. The van der Waals surface area contributed by atoms with Crippen LogP contribution in [0.1, 0.15) is 34.2 Å². The highest BCUT2D eigenvalue weighted by Gasteiger charge is 2.16. The maximum absolute atomic E-state index is 11.7. The van der Waals surface area contributed by atoms with Gasteiger partial charge in [-0.2, -0.15) is 0 Å². The van der Waals surface area contributed by atoms with Crippen LogP contribution in [-0.4, -0.2) is 30.6 Å². The Morgan fingerprint density at radius 2 is 2.00 bits per heavy atom. The number of rotatable bonds is 4. The monoisotopic (exact) mass is 251 g/mol. The Hall–Kier alpha value is -2.04. The summed E-state index contributed by atoms with van der Waals surface area (Å²) >= 11 is 0. The molecule has 0 bridgehead atoms. The van der Waals surface area contributed by atoms with Crippen LogP contribution in [0.25, 0.3) is 6.08 Å². The van der Waals surface area contributed by atoms with Crippen LogP contribution in [0, 0.1) is 13.8 Å². The van der Waals surface area contributed by atoms with Crippen molar-refractivity contribution in [2.24, 2.45) is 0 Å². The Morgan fingerprint density at radius 3 is 2.56 bits per heavy atom. The predicted molar refractivity (Wildman–Crippen MR) is 67.3 cm³/mol. The highest BCUT2D eigenvalue weighted by Crippen LogP contribution is 2.20. The van der Waals surface area contributed by atoms with Crippen molar-refractivity contribution in [3.63, 3.8) is 0 Å². The molecule has 0 aromatic carbocycles. The molecule has 98 valence electrons. The van der Waals surface area contributed by atoms with Crippen molar-refractivity contribution in [1.29, 1.82) is 0 Å². The molecule has 0 spiro atoms. The smallest absolute Gasteiger partial charge is 0.355 e. The van der Waals surface area contributed by atoms with E-state index >= 15 is 0 Å². The normalized spacial score (nSPS) is 10.7. The Labute approximate surface area is 106 Å². The fraction of sp³-hybridized carbons (Fsp3) is 0.385. The molecule has 0 unspecified atom stereocenters. The molecule has 0 aliphatic heterocycles. The lowest BCUT2D eigenvalue weighted by Gasteiger charge is -2.00. The minimum Gasteiger partial charge on any atom is -0.466 e. The highest BCUT2D eigenvalue weighted by atomic mass is 16.5. The Kier molecular flexibility index (Phi) is 4.71. The van der Waals surface area contributed by atoms with Gasteiger partial charge in [0.25, 0.3) is 0 Å². The van der Waals surface area contributed by atoms with E-state index in [0.717, 1.165) is 16.8 Å². The number of aryl methyl sites for hydroxylation is 1. The lowest BCUT2D eigenvalue weighted by atomic mass is 10.1. The summed E-state index contributed by atoms with van der Waals surface area (Å²) in [5.74, 6) is -0.830. The first-order valence-corrected chi connectivity index (χ1v) is 5.63. The van der Waals surface area contributed by atoms with Crippen molar-refractivity contribution in [3.8, 4) is 0 Å². The van der Waals surface area contributed by atoms with Gasteiger partial charge in [0, 0.05) is 11.8 Å². The summed E-state index contributed by atoms with van der Waals surface area (Å²) in [6.45, 7) is 5.70. The minimum atomic E-state index is -0.437. The van der Waals surface area contributed by atoms with Crippen molar-refractivity contribution in [2.75, 3.05) is 13.7 Å². The molecular formula is C13H17NO4. The average Bonchev–Trinajstić information content (AvgIpc) is 2.62. The van der Waals surface area contributed by atoms with Crippen LogP contribution in [0.3, 0.4) is 0 Å². The number of hydrogen-bond acceptors (Lipinski definition) is 4. The van der Waals surface area contributed by atoms with Gasteiger partial charge in [0.15, 0.2) is 0 Å². The maximum Gasteiger partial charge on any atom is 0.355 e. The van der Waals surface area contributed by atoms with Crippen molar-refractivity contribution in [3.05, 3.63) is 28.6 Å². The second-order valence-corrected chi connectivity index (χ2v) is 3.74. The molecular weight excluding hydrogens is 234 g/mol. The standard InChI is InChI=1S/C13H17NO4/c1-5-18-13(16)12-8(2)10(9(3)14-12)6-7-11(15)17-4/h6-7,14H,5H2,1-4H3/b7-6+. The Balaban J connectivity index is 3.05. The molecule has 1 aromatic heterocycles. The fourth-order valence-corrected chi connectivity index (χ4v) is 1.64. The van der Waals surface area contributed by atoms with Crippen molar-refractivity contribution in [1.82, 2.24) is 4.98 Å². The Bertz CT molecular complexity index is 485. The molecule has 1 N–H and O–H groups in total. The molecule has 0 saturated carbocycles. The van der Waals surface area contributed by atoms with Crippen LogP contribution >= 0.6 is 0 Å². The van der Waals surface area contributed by atoms with E-state index < -0.39 is 11.9 Å².